The summed E-state index contributed by atoms with van der Waals surface area (Å²) in [6, 6.07) is 0. The average molecular weight is 178 g/mol. The van der Waals surface area contributed by atoms with Gasteiger partial charge in [0.1, 0.15) is 0 Å². The Hall–Kier alpha value is -1.07. The van der Waals surface area contributed by atoms with Crippen molar-refractivity contribution < 1.29 is 24.9 Å². The van der Waals surface area contributed by atoms with Crippen LogP contribution in [0.1, 0.15) is 6.92 Å². The largest absolute Gasteiger partial charge is 0.502 e. The highest BCUT2D eigenvalue weighted by Gasteiger charge is 2.01. The molecule has 0 radical (unpaired) electrons. The Morgan fingerprint density at radius 3 is 1.92 bits per heavy atom. The zero-order valence-corrected chi connectivity index (χ0v) is 6.99. The van der Waals surface area contributed by atoms with E-state index in [0.29, 0.717) is 0 Å². The highest BCUT2D eigenvalue weighted by atomic mass is 16.5. The molecule has 0 aromatic carbocycles. The van der Waals surface area contributed by atoms with Crippen LogP contribution in [0.2, 0.25) is 0 Å². The SMILES string of the molecule is C=C(O)C(=O)OCC.OCCO. The third-order valence-corrected chi connectivity index (χ3v) is 0.611. The minimum absolute atomic E-state index is 0.125. The molecule has 0 unspecified atom stereocenters. The maximum Gasteiger partial charge on any atom is 0.372 e. The van der Waals surface area contributed by atoms with E-state index in [2.05, 4.69) is 11.3 Å². The molecule has 0 saturated carbocycles. The van der Waals surface area contributed by atoms with E-state index < -0.39 is 11.7 Å². The van der Waals surface area contributed by atoms with Crippen molar-refractivity contribution in [2.24, 2.45) is 0 Å². The molecule has 12 heavy (non-hydrogen) atoms. The van der Waals surface area contributed by atoms with Gasteiger partial charge in [0, 0.05) is 0 Å². The fourth-order valence-corrected chi connectivity index (χ4v) is 0.214. The van der Waals surface area contributed by atoms with Crippen LogP contribution in [0.15, 0.2) is 12.3 Å². The van der Waals surface area contributed by atoms with E-state index in [1.807, 2.05) is 0 Å². The van der Waals surface area contributed by atoms with Crippen molar-refractivity contribution in [3.63, 3.8) is 0 Å². The lowest BCUT2D eigenvalue weighted by atomic mass is 10.6. The molecule has 3 N–H and O–H groups in total. The average Bonchev–Trinajstić information content (AvgIpc) is 2.05. The highest BCUT2D eigenvalue weighted by molar-refractivity contribution is 5.84. The second-order valence-corrected chi connectivity index (χ2v) is 1.61. The summed E-state index contributed by atoms with van der Waals surface area (Å²) >= 11 is 0. The third-order valence-electron chi connectivity index (χ3n) is 0.611. The number of hydrogen-bond acceptors (Lipinski definition) is 5. The fourth-order valence-electron chi connectivity index (χ4n) is 0.214. The van der Waals surface area contributed by atoms with Crippen LogP contribution in [0.4, 0.5) is 0 Å². The number of aliphatic hydroxyl groups is 3. The Bertz CT molecular complexity index is 130. The number of hydrogen-bond donors (Lipinski definition) is 3. The molecule has 0 amide bonds. The summed E-state index contributed by atoms with van der Waals surface area (Å²) in [6.45, 7) is 4.62. The Balaban J connectivity index is 0. The van der Waals surface area contributed by atoms with Crippen LogP contribution in [-0.2, 0) is 9.53 Å². The minimum atomic E-state index is -0.757. The first-order valence-electron chi connectivity index (χ1n) is 3.36. The van der Waals surface area contributed by atoms with Crippen LogP contribution < -0.4 is 0 Å². The van der Waals surface area contributed by atoms with Gasteiger partial charge in [0.2, 0.25) is 0 Å². The maximum absolute atomic E-state index is 10.2. The number of rotatable bonds is 3. The van der Waals surface area contributed by atoms with Crippen LogP contribution in [0.5, 0.6) is 0 Å². The summed E-state index contributed by atoms with van der Waals surface area (Å²) in [5.41, 5.74) is 0. The molecular weight excluding hydrogens is 164 g/mol. The topological polar surface area (TPSA) is 87.0 Å². The molecule has 0 atom stereocenters. The summed E-state index contributed by atoms with van der Waals surface area (Å²) in [7, 11) is 0. The Morgan fingerprint density at radius 2 is 1.83 bits per heavy atom. The molecule has 0 fully saturated rings. The highest BCUT2D eigenvalue weighted by Crippen LogP contribution is 1.85. The lowest BCUT2D eigenvalue weighted by Gasteiger charge is -1.95. The van der Waals surface area contributed by atoms with Crippen molar-refractivity contribution in [1.29, 1.82) is 0 Å². The Kier molecular flexibility index (Phi) is 11.2. The van der Waals surface area contributed by atoms with Crippen molar-refractivity contribution in [1.82, 2.24) is 0 Å². The van der Waals surface area contributed by atoms with Crippen molar-refractivity contribution in [3.05, 3.63) is 12.3 Å². The monoisotopic (exact) mass is 178 g/mol. The summed E-state index contributed by atoms with van der Waals surface area (Å²) < 4.78 is 4.31. The van der Waals surface area contributed by atoms with E-state index in [-0.39, 0.29) is 19.8 Å². The van der Waals surface area contributed by atoms with E-state index >= 15 is 0 Å². The zero-order chi connectivity index (χ0) is 9.98. The van der Waals surface area contributed by atoms with Gasteiger partial charge in [-0.25, -0.2) is 4.79 Å². The molecule has 0 bridgehead atoms. The summed E-state index contributed by atoms with van der Waals surface area (Å²) in [6.07, 6.45) is 0. The first-order chi connectivity index (χ1) is 5.59. The molecule has 0 aromatic rings. The van der Waals surface area contributed by atoms with Gasteiger partial charge in [0.15, 0.2) is 5.76 Å². The number of carbonyl (C=O) groups excluding carboxylic acids is 1. The molecular formula is C7H14O5. The quantitative estimate of drug-likeness (QED) is 0.311. The molecule has 0 aliphatic rings. The molecule has 0 rings (SSSR count). The molecule has 0 aliphatic heterocycles. The number of aliphatic hydroxyl groups excluding tert-OH is 3. The van der Waals surface area contributed by atoms with Gasteiger partial charge in [-0.3, -0.25) is 0 Å². The summed E-state index contributed by atoms with van der Waals surface area (Å²) in [5.74, 6) is -1.31. The van der Waals surface area contributed by atoms with Crippen LogP contribution in [-0.4, -0.2) is 41.1 Å². The Morgan fingerprint density at radius 1 is 1.42 bits per heavy atom. The predicted molar refractivity (Wildman–Crippen MR) is 42.6 cm³/mol. The number of ether oxygens (including phenoxy) is 1. The van der Waals surface area contributed by atoms with Gasteiger partial charge in [-0.05, 0) is 13.5 Å². The normalized spacial score (nSPS) is 7.92. The Labute approximate surface area is 70.9 Å². The van der Waals surface area contributed by atoms with Crippen LogP contribution in [0, 0.1) is 0 Å². The maximum atomic E-state index is 10.2. The smallest absolute Gasteiger partial charge is 0.372 e. The van der Waals surface area contributed by atoms with Gasteiger partial charge in [-0.15, -0.1) is 0 Å². The molecule has 5 nitrogen and oxygen atoms in total. The van der Waals surface area contributed by atoms with Gasteiger partial charge in [0.25, 0.3) is 0 Å². The van der Waals surface area contributed by atoms with E-state index in [1.165, 1.54) is 0 Å². The standard InChI is InChI=1S/C5H8O3.C2H6O2/c1-3-8-5(7)4(2)6;3-1-2-4/h6H,2-3H2,1H3;3-4H,1-2H2. The second-order valence-electron chi connectivity index (χ2n) is 1.61. The predicted octanol–water partition coefficient (Wildman–Crippen LogP) is -0.408. The van der Waals surface area contributed by atoms with E-state index in [0.717, 1.165) is 0 Å². The van der Waals surface area contributed by atoms with Crippen molar-refractivity contribution in [2.45, 2.75) is 6.92 Å². The van der Waals surface area contributed by atoms with Crippen molar-refractivity contribution in [3.8, 4) is 0 Å². The molecule has 0 heterocycles. The van der Waals surface area contributed by atoms with Gasteiger partial charge in [-0.2, -0.15) is 0 Å². The van der Waals surface area contributed by atoms with Gasteiger partial charge in [-0.1, -0.05) is 0 Å². The first-order valence-corrected chi connectivity index (χ1v) is 3.36. The number of esters is 1. The van der Waals surface area contributed by atoms with Gasteiger partial charge < -0.3 is 20.1 Å². The van der Waals surface area contributed by atoms with Gasteiger partial charge in [0.05, 0.1) is 19.8 Å². The number of carbonyl (C=O) groups is 1. The van der Waals surface area contributed by atoms with Crippen LogP contribution >= 0.6 is 0 Å². The lowest BCUT2D eigenvalue weighted by Crippen LogP contribution is -2.05. The summed E-state index contributed by atoms with van der Waals surface area (Å²) in [5, 5.41) is 23.5. The van der Waals surface area contributed by atoms with Crippen molar-refractivity contribution >= 4 is 5.97 Å². The van der Waals surface area contributed by atoms with E-state index in [4.69, 9.17) is 15.3 Å². The molecule has 0 spiro atoms. The first kappa shape index (κ1) is 13.5. The molecule has 0 aliphatic carbocycles. The molecule has 5 heteroatoms. The minimum Gasteiger partial charge on any atom is -0.502 e. The van der Waals surface area contributed by atoms with Gasteiger partial charge >= 0.3 is 5.97 Å². The zero-order valence-electron chi connectivity index (χ0n) is 6.99. The third kappa shape index (κ3) is 11.7. The van der Waals surface area contributed by atoms with Crippen LogP contribution in [0.3, 0.4) is 0 Å². The lowest BCUT2D eigenvalue weighted by molar-refractivity contribution is -0.141. The van der Waals surface area contributed by atoms with Crippen LogP contribution in [0.25, 0.3) is 0 Å². The van der Waals surface area contributed by atoms with E-state index in [1.54, 1.807) is 6.92 Å². The van der Waals surface area contributed by atoms with E-state index in [9.17, 15) is 4.79 Å². The fraction of sp³-hybridized carbons (Fsp3) is 0.571. The molecule has 72 valence electrons. The summed E-state index contributed by atoms with van der Waals surface area (Å²) in [4.78, 5) is 10.2. The second kappa shape index (κ2) is 9.93. The molecule has 0 aromatic heterocycles. The molecule has 0 saturated heterocycles. The van der Waals surface area contributed by atoms with Crippen molar-refractivity contribution in [2.75, 3.05) is 19.8 Å².